The lowest BCUT2D eigenvalue weighted by Crippen LogP contribution is -2.43. The predicted molar refractivity (Wildman–Crippen MR) is 149 cm³/mol. The van der Waals surface area contributed by atoms with Crippen LogP contribution in [-0.4, -0.2) is 51.6 Å². The Balaban J connectivity index is 1.92. The highest BCUT2D eigenvalue weighted by Crippen LogP contribution is 2.42. The van der Waals surface area contributed by atoms with Crippen LogP contribution in [-0.2, 0) is 23.2 Å². The number of anilines is 3. The molecule has 3 aromatic carbocycles. The van der Waals surface area contributed by atoms with E-state index in [1.54, 1.807) is 17.5 Å². The van der Waals surface area contributed by atoms with E-state index in [1.807, 2.05) is 79.7 Å². The molecule has 1 unspecified atom stereocenters. The normalized spacial score (nSPS) is 17.2. The van der Waals surface area contributed by atoms with Crippen molar-refractivity contribution in [2.45, 2.75) is 50.3 Å². The Morgan fingerprint density at radius 1 is 1.05 bits per heavy atom. The van der Waals surface area contributed by atoms with E-state index in [0.29, 0.717) is 17.8 Å². The quantitative estimate of drug-likeness (QED) is 0.418. The maximum Gasteiger partial charge on any atom is 0.245 e. The topological polar surface area (TPSA) is 73.3 Å². The van der Waals surface area contributed by atoms with Gasteiger partial charge in [-0.3, -0.25) is 0 Å². The number of aliphatic hydroxyl groups excluding tert-OH is 1. The summed E-state index contributed by atoms with van der Waals surface area (Å²) in [4.78, 5) is 4.25. The van der Waals surface area contributed by atoms with E-state index in [2.05, 4.69) is 11.8 Å². The van der Waals surface area contributed by atoms with Crippen LogP contribution >= 0.6 is 0 Å². The average Bonchev–Trinajstić information content (AvgIpc) is 3.00. The number of para-hydroxylation sites is 1. The first-order valence-corrected chi connectivity index (χ1v) is 14.2. The first kappa shape index (κ1) is 27.0. The van der Waals surface area contributed by atoms with Crippen LogP contribution in [0.3, 0.4) is 0 Å². The average molecular weight is 524 g/mol. The van der Waals surface area contributed by atoms with Crippen molar-refractivity contribution in [3.8, 4) is 5.75 Å². The van der Waals surface area contributed by atoms with Gasteiger partial charge in [-0.25, -0.2) is 8.42 Å². The number of methoxy groups -OCH3 is 1. The second-order valence-electron chi connectivity index (χ2n) is 9.64. The molecule has 8 heteroatoms. The molecule has 0 saturated carbocycles. The molecule has 1 atom stereocenters. The van der Waals surface area contributed by atoms with Crippen LogP contribution in [0.25, 0.3) is 0 Å². The second-order valence-corrected chi connectivity index (χ2v) is 11.5. The molecule has 37 heavy (non-hydrogen) atoms. The highest BCUT2D eigenvalue weighted by molar-refractivity contribution is 7.89. The lowest BCUT2D eigenvalue weighted by atomic mass is 10.1. The van der Waals surface area contributed by atoms with Gasteiger partial charge in [0, 0.05) is 50.2 Å². The van der Waals surface area contributed by atoms with Gasteiger partial charge in [0.2, 0.25) is 10.0 Å². The number of sulfonamides is 1. The van der Waals surface area contributed by atoms with Gasteiger partial charge in [-0.1, -0.05) is 50.1 Å². The molecular weight excluding hydrogens is 486 g/mol. The van der Waals surface area contributed by atoms with Crippen molar-refractivity contribution in [2.75, 3.05) is 37.5 Å². The Bertz CT molecular complexity index is 1290. The largest absolute Gasteiger partial charge is 0.497 e. The van der Waals surface area contributed by atoms with Crippen LogP contribution in [0.1, 0.15) is 37.3 Å². The van der Waals surface area contributed by atoms with E-state index in [4.69, 9.17) is 4.74 Å². The Kier molecular flexibility index (Phi) is 8.42. The summed E-state index contributed by atoms with van der Waals surface area (Å²) in [5, 5.41) is 10.2. The van der Waals surface area contributed by atoms with E-state index in [0.717, 1.165) is 42.0 Å². The zero-order chi connectivity index (χ0) is 26.6. The van der Waals surface area contributed by atoms with Gasteiger partial charge < -0.3 is 19.6 Å². The number of nitrogens with zero attached hydrogens (tertiary/aromatic N) is 3. The number of benzene rings is 3. The zero-order valence-electron chi connectivity index (χ0n) is 22.1. The molecule has 1 heterocycles. The summed E-state index contributed by atoms with van der Waals surface area (Å²) in [6.45, 7) is 2.66. The summed E-state index contributed by atoms with van der Waals surface area (Å²) in [7, 11) is 1.52. The SMILES string of the molecule is CCCCC1CN(c2ccccc2)c2cc(N(C)C)c(CO)cc2S(=O)(=O)N1Cc1ccc(OC)cc1. The number of unbranched alkanes of at least 4 members (excludes halogenated alkanes) is 1. The fraction of sp³-hybridized carbons (Fsp3) is 0.379. The van der Waals surface area contributed by atoms with Crippen LogP contribution in [0.4, 0.5) is 17.1 Å². The molecule has 0 fully saturated rings. The Labute approximate surface area is 221 Å². The number of hydrogen-bond donors (Lipinski definition) is 1. The second kappa shape index (κ2) is 11.5. The van der Waals surface area contributed by atoms with E-state index >= 15 is 0 Å². The van der Waals surface area contributed by atoms with Crippen molar-refractivity contribution in [1.29, 1.82) is 0 Å². The van der Waals surface area contributed by atoms with Gasteiger partial charge in [0.15, 0.2) is 0 Å². The predicted octanol–water partition coefficient (Wildman–Crippen LogP) is 5.15. The van der Waals surface area contributed by atoms with Gasteiger partial charge in [-0.2, -0.15) is 4.31 Å². The highest BCUT2D eigenvalue weighted by atomic mass is 32.2. The molecule has 0 aliphatic carbocycles. The fourth-order valence-corrected chi connectivity index (χ4v) is 6.80. The zero-order valence-corrected chi connectivity index (χ0v) is 22.9. The van der Waals surface area contributed by atoms with Crippen molar-refractivity contribution >= 4 is 27.1 Å². The molecule has 0 saturated heterocycles. The number of fused-ring (bicyclic) bond motifs is 1. The first-order valence-electron chi connectivity index (χ1n) is 12.7. The molecule has 4 rings (SSSR count). The number of aliphatic hydroxyl groups is 1. The van der Waals surface area contributed by atoms with Gasteiger partial charge in [0.1, 0.15) is 10.6 Å². The van der Waals surface area contributed by atoms with Crippen molar-refractivity contribution in [2.24, 2.45) is 0 Å². The third-order valence-electron chi connectivity index (χ3n) is 6.95. The van der Waals surface area contributed by atoms with Crippen LogP contribution in [0, 0.1) is 0 Å². The van der Waals surface area contributed by atoms with Crippen LogP contribution < -0.4 is 14.5 Å². The molecule has 198 valence electrons. The summed E-state index contributed by atoms with van der Waals surface area (Å²) >= 11 is 0. The van der Waals surface area contributed by atoms with Crippen molar-refractivity contribution in [3.05, 3.63) is 77.9 Å². The highest BCUT2D eigenvalue weighted by Gasteiger charge is 2.39. The Hall–Kier alpha value is -3.07. The Morgan fingerprint density at radius 2 is 1.76 bits per heavy atom. The minimum atomic E-state index is -3.90. The van der Waals surface area contributed by atoms with Crippen molar-refractivity contribution in [3.63, 3.8) is 0 Å². The van der Waals surface area contributed by atoms with Crippen molar-refractivity contribution < 1.29 is 18.3 Å². The molecule has 1 aliphatic rings. The minimum Gasteiger partial charge on any atom is -0.497 e. The summed E-state index contributed by atoms with van der Waals surface area (Å²) in [5.41, 5.74) is 3.84. The lowest BCUT2D eigenvalue weighted by molar-refractivity contribution is 0.282. The van der Waals surface area contributed by atoms with E-state index in [9.17, 15) is 13.5 Å². The van der Waals surface area contributed by atoms with Gasteiger partial charge in [-0.15, -0.1) is 0 Å². The summed E-state index contributed by atoms with van der Waals surface area (Å²) in [5.74, 6) is 0.731. The van der Waals surface area contributed by atoms with Gasteiger partial charge >= 0.3 is 0 Å². The lowest BCUT2D eigenvalue weighted by Gasteiger charge is -2.32. The van der Waals surface area contributed by atoms with Crippen molar-refractivity contribution in [1.82, 2.24) is 4.31 Å². The standard InChI is InChI=1S/C29H37N3O4S/c1-5-6-10-25-20-31(24-11-8-7-9-12-24)28-18-27(30(2)3)23(21-33)17-29(28)37(34,35)32(25)19-22-13-15-26(36-4)16-14-22/h7-9,11-18,25,33H,5-6,10,19-21H2,1-4H3. The van der Waals surface area contributed by atoms with E-state index in [1.165, 1.54) is 0 Å². The van der Waals surface area contributed by atoms with Gasteiger partial charge in [0.25, 0.3) is 0 Å². The molecule has 1 aliphatic heterocycles. The maximum atomic E-state index is 14.4. The molecule has 0 aromatic heterocycles. The fourth-order valence-electron chi connectivity index (χ4n) is 4.94. The van der Waals surface area contributed by atoms with Crippen LogP contribution in [0.15, 0.2) is 71.6 Å². The number of hydrogen-bond acceptors (Lipinski definition) is 6. The summed E-state index contributed by atoms with van der Waals surface area (Å²) < 4.78 is 35.8. The third kappa shape index (κ3) is 5.61. The molecule has 3 aromatic rings. The monoisotopic (exact) mass is 523 g/mol. The third-order valence-corrected chi connectivity index (χ3v) is 8.87. The van der Waals surface area contributed by atoms with E-state index < -0.39 is 10.0 Å². The minimum absolute atomic E-state index is 0.221. The molecule has 7 nitrogen and oxygen atoms in total. The summed E-state index contributed by atoms with van der Waals surface area (Å²) in [6.07, 6.45) is 2.64. The molecule has 1 N–H and O–H groups in total. The van der Waals surface area contributed by atoms with Gasteiger partial charge in [0.05, 0.1) is 19.4 Å². The van der Waals surface area contributed by atoms with Gasteiger partial charge in [-0.05, 0) is 48.4 Å². The van der Waals surface area contributed by atoms with Crippen LogP contribution in [0.2, 0.25) is 0 Å². The number of ether oxygens (including phenoxy) is 1. The smallest absolute Gasteiger partial charge is 0.245 e. The first-order chi connectivity index (χ1) is 17.8. The molecular formula is C29H37N3O4S. The maximum absolute atomic E-state index is 14.4. The molecule has 0 amide bonds. The number of rotatable bonds is 9. The van der Waals surface area contributed by atoms with E-state index in [-0.39, 0.29) is 24.1 Å². The molecule has 0 spiro atoms. The Morgan fingerprint density at radius 3 is 2.35 bits per heavy atom. The molecule has 0 bridgehead atoms. The van der Waals surface area contributed by atoms with Crippen LogP contribution in [0.5, 0.6) is 5.75 Å². The summed E-state index contributed by atoms with van der Waals surface area (Å²) in [6, 6.07) is 20.8. The molecule has 0 radical (unpaired) electrons.